The van der Waals surface area contributed by atoms with Crippen LogP contribution in [0.5, 0.6) is 11.5 Å². The summed E-state index contributed by atoms with van der Waals surface area (Å²) in [7, 11) is 0. The summed E-state index contributed by atoms with van der Waals surface area (Å²) in [5, 5.41) is 14.2. The highest BCUT2D eigenvalue weighted by atomic mass is 19.1. The first-order valence-corrected chi connectivity index (χ1v) is 14.1. The predicted octanol–water partition coefficient (Wildman–Crippen LogP) is 7.17. The Morgan fingerprint density at radius 3 is 2.58 bits per heavy atom. The molecule has 0 spiro atoms. The molecule has 2 aliphatic rings. The molecule has 4 aromatic rings. The van der Waals surface area contributed by atoms with Crippen LogP contribution in [0.15, 0.2) is 82.4 Å². The van der Waals surface area contributed by atoms with Crippen LogP contribution in [0.4, 0.5) is 15.8 Å². The molecule has 0 fully saturated rings. The molecular formula is C34H32FN3O5. The van der Waals surface area contributed by atoms with Crippen LogP contribution in [-0.2, 0) is 11.4 Å². The molecule has 1 aromatic heterocycles. The molecule has 3 aromatic carbocycles. The van der Waals surface area contributed by atoms with Gasteiger partial charge in [-0.15, -0.1) is 0 Å². The van der Waals surface area contributed by atoms with Gasteiger partial charge in [-0.25, -0.2) is 9.37 Å². The van der Waals surface area contributed by atoms with Crippen LogP contribution >= 0.6 is 0 Å². The SMILES string of the molecule is Cc1nc(C(=O)N2c3cccc(O)c3NC3=C(C(=O)CC(C)(C)C3)C2c2ccc(OCc3ccccc3)cc2F)c(C)o1. The third kappa shape index (κ3) is 5.27. The molecule has 1 unspecified atom stereocenters. The molecule has 0 saturated heterocycles. The molecule has 2 heterocycles. The average Bonchev–Trinajstić information content (AvgIpc) is 3.22. The number of hydrogen-bond acceptors (Lipinski definition) is 7. The Bertz CT molecular complexity index is 1780. The maximum absolute atomic E-state index is 16.3. The lowest BCUT2D eigenvalue weighted by molar-refractivity contribution is -0.118. The largest absolute Gasteiger partial charge is 0.506 e. The van der Waals surface area contributed by atoms with Crippen LogP contribution in [0, 0.1) is 25.1 Å². The van der Waals surface area contributed by atoms with Crippen LogP contribution in [0.2, 0.25) is 0 Å². The number of ether oxygens (including phenoxy) is 1. The minimum absolute atomic E-state index is 0.0349. The Labute approximate surface area is 248 Å². The molecule has 0 radical (unpaired) electrons. The number of carbonyl (C=O) groups is 2. The lowest BCUT2D eigenvalue weighted by atomic mass is 9.73. The Kier molecular flexibility index (Phi) is 7.04. The minimum atomic E-state index is -1.17. The van der Waals surface area contributed by atoms with Gasteiger partial charge in [-0.2, -0.15) is 0 Å². The average molecular weight is 582 g/mol. The van der Waals surface area contributed by atoms with Crippen LogP contribution in [0.25, 0.3) is 0 Å². The van der Waals surface area contributed by atoms with Gasteiger partial charge in [0.25, 0.3) is 5.91 Å². The number of carbonyl (C=O) groups excluding carboxylic acids is 2. The molecule has 0 saturated carbocycles. The van der Waals surface area contributed by atoms with E-state index in [1.807, 2.05) is 44.2 Å². The number of aryl methyl sites for hydroxylation is 2. The molecule has 1 aliphatic carbocycles. The molecule has 0 bridgehead atoms. The van der Waals surface area contributed by atoms with Crippen molar-refractivity contribution in [2.75, 3.05) is 10.2 Å². The summed E-state index contributed by atoms with van der Waals surface area (Å²) in [4.78, 5) is 34.0. The molecule has 6 rings (SSSR count). The number of allylic oxidation sites excluding steroid dienone is 1. The van der Waals surface area contributed by atoms with E-state index >= 15 is 4.39 Å². The Morgan fingerprint density at radius 1 is 1.12 bits per heavy atom. The fourth-order valence-electron chi connectivity index (χ4n) is 5.96. The van der Waals surface area contributed by atoms with Gasteiger partial charge in [0.05, 0.1) is 11.7 Å². The third-order valence-corrected chi connectivity index (χ3v) is 7.85. The first kappa shape index (κ1) is 28.2. The van der Waals surface area contributed by atoms with Gasteiger partial charge < -0.3 is 19.6 Å². The van der Waals surface area contributed by atoms with Crippen molar-refractivity contribution in [2.24, 2.45) is 5.41 Å². The van der Waals surface area contributed by atoms with Gasteiger partial charge in [-0.05, 0) is 48.6 Å². The molecule has 1 atom stereocenters. The predicted molar refractivity (Wildman–Crippen MR) is 159 cm³/mol. The monoisotopic (exact) mass is 581 g/mol. The van der Waals surface area contributed by atoms with E-state index in [1.54, 1.807) is 38.1 Å². The number of hydrogen-bond donors (Lipinski definition) is 2. The van der Waals surface area contributed by atoms with E-state index in [2.05, 4.69) is 10.3 Å². The Hall–Kier alpha value is -4.92. The molecule has 8 nitrogen and oxygen atoms in total. The topological polar surface area (TPSA) is 105 Å². The van der Waals surface area contributed by atoms with E-state index < -0.39 is 23.2 Å². The summed E-state index contributed by atoms with van der Waals surface area (Å²) in [6, 6.07) is 17.6. The number of aromatic hydroxyl groups is 1. The zero-order valence-corrected chi connectivity index (χ0v) is 24.4. The molecule has 9 heteroatoms. The summed E-state index contributed by atoms with van der Waals surface area (Å²) in [5.41, 5.74) is 1.99. The second kappa shape index (κ2) is 10.7. The van der Waals surface area contributed by atoms with Gasteiger partial charge in [0.1, 0.15) is 35.4 Å². The molecule has 1 amide bonds. The summed E-state index contributed by atoms with van der Waals surface area (Å²) < 4.78 is 27.7. The smallest absolute Gasteiger partial charge is 0.281 e. The minimum Gasteiger partial charge on any atom is -0.506 e. The van der Waals surface area contributed by atoms with E-state index in [0.29, 0.717) is 23.8 Å². The van der Waals surface area contributed by atoms with E-state index in [0.717, 1.165) is 5.56 Å². The Morgan fingerprint density at radius 2 is 1.88 bits per heavy atom. The fraction of sp³-hybridized carbons (Fsp3) is 0.265. The number of rotatable bonds is 5. The number of amides is 1. The molecule has 1 aliphatic heterocycles. The van der Waals surface area contributed by atoms with Gasteiger partial charge in [0.15, 0.2) is 17.4 Å². The number of oxazole rings is 1. The molecule has 220 valence electrons. The van der Waals surface area contributed by atoms with Crippen molar-refractivity contribution in [3.8, 4) is 11.5 Å². The van der Waals surface area contributed by atoms with Crippen LogP contribution in [0.1, 0.15) is 66.0 Å². The number of fused-ring (bicyclic) bond motifs is 1. The number of Topliss-reactive ketones (excluding diaryl/α,β-unsaturated/α-hetero) is 1. The zero-order chi connectivity index (χ0) is 30.5. The van der Waals surface area contributed by atoms with Crippen LogP contribution < -0.4 is 15.0 Å². The first-order valence-electron chi connectivity index (χ1n) is 14.1. The number of phenolic OH excluding ortho intramolecular Hbond substituents is 1. The second-order valence-corrected chi connectivity index (χ2v) is 11.8. The highest BCUT2D eigenvalue weighted by Crippen LogP contribution is 2.51. The van der Waals surface area contributed by atoms with Gasteiger partial charge in [-0.1, -0.05) is 50.2 Å². The lowest BCUT2D eigenvalue weighted by Gasteiger charge is -2.37. The summed E-state index contributed by atoms with van der Waals surface area (Å²) in [6.45, 7) is 7.46. The summed E-state index contributed by atoms with van der Waals surface area (Å²) >= 11 is 0. The fourth-order valence-corrected chi connectivity index (χ4v) is 5.96. The molecule has 2 N–H and O–H groups in total. The van der Waals surface area contributed by atoms with E-state index in [-0.39, 0.29) is 58.5 Å². The van der Waals surface area contributed by atoms with Crippen molar-refractivity contribution >= 4 is 23.1 Å². The van der Waals surface area contributed by atoms with Gasteiger partial charge in [0, 0.05) is 36.2 Å². The van der Waals surface area contributed by atoms with Crippen molar-refractivity contribution in [3.63, 3.8) is 0 Å². The quantitative estimate of drug-likeness (QED) is 0.241. The number of halogens is 1. The molecule has 43 heavy (non-hydrogen) atoms. The highest BCUT2D eigenvalue weighted by molar-refractivity contribution is 6.12. The van der Waals surface area contributed by atoms with Crippen molar-refractivity contribution in [3.05, 3.63) is 112 Å². The van der Waals surface area contributed by atoms with E-state index in [4.69, 9.17) is 9.15 Å². The van der Waals surface area contributed by atoms with Gasteiger partial charge in [0.2, 0.25) is 0 Å². The standard InChI is InChI=1S/C34H32FN3O5/c1-19-30(36-20(2)43-19)33(41)38-26-11-8-12-27(39)31(26)37-25-16-34(3,4)17-28(40)29(25)32(38)23-14-13-22(15-24(23)35)42-18-21-9-6-5-7-10-21/h5-15,32,37,39H,16-18H2,1-4H3. The number of ketones is 1. The summed E-state index contributed by atoms with van der Waals surface area (Å²) in [6.07, 6.45) is 0.652. The zero-order valence-electron chi connectivity index (χ0n) is 24.4. The van der Waals surface area contributed by atoms with Gasteiger partial charge in [-0.3, -0.25) is 14.5 Å². The van der Waals surface area contributed by atoms with Crippen molar-refractivity contribution < 1.29 is 28.2 Å². The number of phenols is 1. The van der Waals surface area contributed by atoms with E-state index in [1.165, 1.54) is 17.0 Å². The Balaban J connectivity index is 1.53. The first-order chi connectivity index (χ1) is 20.5. The lowest BCUT2D eigenvalue weighted by Crippen LogP contribution is -2.40. The number of nitrogens with one attached hydrogen (secondary N) is 1. The third-order valence-electron chi connectivity index (χ3n) is 7.85. The number of nitrogens with zero attached hydrogens (tertiary/aromatic N) is 2. The number of anilines is 2. The normalized spacial score (nSPS) is 17.6. The van der Waals surface area contributed by atoms with Crippen molar-refractivity contribution in [1.29, 1.82) is 0 Å². The van der Waals surface area contributed by atoms with Crippen LogP contribution in [0.3, 0.4) is 0 Å². The number of para-hydroxylation sites is 1. The van der Waals surface area contributed by atoms with Crippen LogP contribution in [-0.4, -0.2) is 21.8 Å². The highest BCUT2D eigenvalue weighted by Gasteiger charge is 2.45. The van der Waals surface area contributed by atoms with E-state index in [9.17, 15) is 14.7 Å². The van der Waals surface area contributed by atoms with Crippen molar-refractivity contribution in [1.82, 2.24) is 4.98 Å². The maximum atomic E-state index is 16.3. The van der Waals surface area contributed by atoms with Gasteiger partial charge >= 0.3 is 0 Å². The maximum Gasteiger partial charge on any atom is 0.281 e. The van der Waals surface area contributed by atoms with Crippen molar-refractivity contribution in [2.45, 2.75) is 53.2 Å². The summed E-state index contributed by atoms with van der Waals surface area (Å²) in [5.74, 6) is -0.681. The number of aromatic nitrogens is 1. The number of benzene rings is 3. The second-order valence-electron chi connectivity index (χ2n) is 11.8. The molecular weight excluding hydrogens is 549 g/mol.